The number of thioether (sulfide) groups is 1. The molecule has 0 amide bonds. The molecule has 0 bridgehead atoms. The maximum Gasteiger partial charge on any atom is 0.255 e. The van der Waals surface area contributed by atoms with Gasteiger partial charge in [0.1, 0.15) is 6.26 Å². The Bertz CT molecular complexity index is 405. The Hall–Kier alpha value is -1.00. The molecule has 0 aliphatic rings. The highest BCUT2D eigenvalue weighted by atomic mass is 35.5. The summed E-state index contributed by atoms with van der Waals surface area (Å²) in [4.78, 5) is 8.15. The van der Waals surface area contributed by atoms with Crippen molar-refractivity contribution in [2.24, 2.45) is 0 Å². The van der Waals surface area contributed by atoms with Gasteiger partial charge in [-0.15, -0.1) is 0 Å². The SMILES string of the molecule is Clc1ccnc(CSc2ncco2)c1. The van der Waals surface area contributed by atoms with E-state index in [1.807, 2.05) is 6.07 Å². The number of pyridine rings is 1. The Labute approximate surface area is 90.5 Å². The molecule has 0 fully saturated rings. The summed E-state index contributed by atoms with van der Waals surface area (Å²) in [7, 11) is 0. The molecule has 2 aromatic heterocycles. The third-order valence-corrected chi connectivity index (χ3v) is 2.66. The summed E-state index contributed by atoms with van der Waals surface area (Å²) in [5.41, 5.74) is 0.917. The Kier molecular flexibility index (Phi) is 3.06. The number of hydrogen-bond acceptors (Lipinski definition) is 4. The van der Waals surface area contributed by atoms with Crippen LogP contribution in [-0.4, -0.2) is 9.97 Å². The zero-order valence-corrected chi connectivity index (χ0v) is 8.76. The lowest BCUT2D eigenvalue weighted by Gasteiger charge is -1.97. The molecule has 0 atom stereocenters. The van der Waals surface area contributed by atoms with E-state index in [0.717, 1.165) is 5.69 Å². The summed E-state index contributed by atoms with van der Waals surface area (Å²) in [6.45, 7) is 0. The molecule has 5 heteroatoms. The lowest BCUT2D eigenvalue weighted by molar-refractivity contribution is 0.454. The summed E-state index contributed by atoms with van der Waals surface area (Å²) in [6.07, 6.45) is 4.86. The van der Waals surface area contributed by atoms with Crippen LogP contribution < -0.4 is 0 Å². The van der Waals surface area contributed by atoms with Gasteiger partial charge in [-0.1, -0.05) is 23.4 Å². The Morgan fingerprint density at radius 2 is 2.29 bits per heavy atom. The van der Waals surface area contributed by atoms with Crippen LogP contribution in [0.15, 0.2) is 40.4 Å². The summed E-state index contributed by atoms with van der Waals surface area (Å²) in [6, 6.07) is 3.58. The van der Waals surface area contributed by atoms with Gasteiger partial charge in [0.2, 0.25) is 0 Å². The maximum absolute atomic E-state index is 5.82. The molecular weight excluding hydrogens is 220 g/mol. The minimum Gasteiger partial charge on any atom is -0.440 e. The molecule has 2 heterocycles. The molecule has 0 saturated carbocycles. The van der Waals surface area contributed by atoms with Gasteiger partial charge in [0.05, 0.1) is 11.9 Å². The largest absolute Gasteiger partial charge is 0.440 e. The molecule has 0 aliphatic carbocycles. The van der Waals surface area contributed by atoms with Crippen LogP contribution in [0.3, 0.4) is 0 Å². The molecule has 0 saturated heterocycles. The van der Waals surface area contributed by atoms with E-state index < -0.39 is 0 Å². The molecule has 0 radical (unpaired) electrons. The summed E-state index contributed by atoms with van der Waals surface area (Å²) >= 11 is 7.31. The number of hydrogen-bond donors (Lipinski definition) is 0. The number of nitrogens with zero attached hydrogens (tertiary/aromatic N) is 2. The zero-order chi connectivity index (χ0) is 9.80. The highest BCUT2D eigenvalue weighted by Crippen LogP contribution is 2.20. The van der Waals surface area contributed by atoms with Crippen LogP contribution in [0.2, 0.25) is 5.02 Å². The van der Waals surface area contributed by atoms with Gasteiger partial charge in [-0.25, -0.2) is 4.98 Å². The van der Waals surface area contributed by atoms with E-state index in [-0.39, 0.29) is 0 Å². The molecule has 0 unspecified atom stereocenters. The Morgan fingerprint density at radius 1 is 1.36 bits per heavy atom. The second kappa shape index (κ2) is 4.48. The minimum atomic E-state index is 0.645. The van der Waals surface area contributed by atoms with Crippen molar-refractivity contribution in [3.63, 3.8) is 0 Å². The molecular formula is C9H7ClN2OS. The van der Waals surface area contributed by atoms with Crippen LogP contribution >= 0.6 is 23.4 Å². The predicted molar refractivity (Wildman–Crippen MR) is 55.3 cm³/mol. The molecule has 0 spiro atoms. The van der Waals surface area contributed by atoms with Gasteiger partial charge in [0.15, 0.2) is 0 Å². The second-order valence-corrected chi connectivity index (χ2v) is 3.92. The van der Waals surface area contributed by atoms with E-state index in [4.69, 9.17) is 16.0 Å². The Balaban J connectivity index is 1.98. The van der Waals surface area contributed by atoms with Gasteiger partial charge < -0.3 is 4.42 Å². The van der Waals surface area contributed by atoms with Crippen LogP contribution in [0.25, 0.3) is 0 Å². The molecule has 2 rings (SSSR count). The molecule has 72 valence electrons. The fourth-order valence-corrected chi connectivity index (χ4v) is 1.82. The van der Waals surface area contributed by atoms with Crippen LogP contribution in [0.4, 0.5) is 0 Å². The van der Waals surface area contributed by atoms with Crippen molar-refractivity contribution in [3.05, 3.63) is 41.5 Å². The van der Waals surface area contributed by atoms with E-state index in [0.29, 0.717) is 16.0 Å². The van der Waals surface area contributed by atoms with Crippen LogP contribution in [0, 0.1) is 0 Å². The first kappa shape index (κ1) is 9.55. The molecule has 0 aliphatic heterocycles. The van der Waals surface area contributed by atoms with E-state index in [1.165, 1.54) is 11.8 Å². The van der Waals surface area contributed by atoms with Crippen LogP contribution in [0.5, 0.6) is 0 Å². The van der Waals surface area contributed by atoms with Crippen molar-refractivity contribution in [1.82, 2.24) is 9.97 Å². The normalized spacial score (nSPS) is 10.4. The lowest BCUT2D eigenvalue weighted by Crippen LogP contribution is -1.85. The quantitative estimate of drug-likeness (QED) is 0.755. The van der Waals surface area contributed by atoms with Crippen molar-refractivity contribution in [1.29, 1.82) is 0 Å². The van der Waals surface area contributed by atoms with Gasteiger partial charge in [0, 0.05) is 17.0 Å². The maximum atomic E-state index is 5.82. The number of halogens is 1. The number of rotatable bonds is 3. The Morgan fingerprint density at radius 3 is 3.00 bits per heavy atom. The van der Waals surface area contributed by atoms with Crippen molar-refractivity contribution in [2.45, 2.75) is 11.0 Å². The monoisotopic (exact) mass is 226 g/mol. The number of aromatic nitrogens is 2. The van der Waals surface area contributed by atoms with E-state index in [9.17, 15) is 0 Å². The molecule has 3 nitrogen and oxygen atoms in total. The first-order valence-corrected chi connectivity index (χ1v) is 5.34. The average molecular weight is 227 g/mol. The second-order valence-electron chi connectivity index (χ2n) is 2.55. The van der Waals surface area contributed by atoms with Crippen LogP contribution in [0.1, 0.15) is 5.69 Å². The van der Waals surface area contributed by atoms with Crippen molar-refractivity contribution in [3.8, 4) is 0 Å². The van der Waals surface area contributed by atoms with Gasteiger partial charge in [-0.05, 0) is 12.1 Å². The average Bonchev–Trinajstić information content (AvgIpc) is 2.67. The van der Waals surface area contributed by atoms with Gasteiger partial charge in [0.25, 0.3) is 5.22 Å². The fraction of sp³-hybridized carbons (Fsp3) is 0.111. The molecule has 0 N–H and O–H groups in total. The van der Waals surface area contributed by atoms with Gasteiger partial charge in [-0.2, -0.15) is 0 Å². The van der Waals surface area contributed by atoms with Crippen molar-refractivity contribution in [2.75, 3.05) is 0 Å². The van der Waals surface area contributed by atoms with E-state index >= 15 is 0 Å². The number of oxazole rings is 1. The highest BCUT2D eigenvalue weighted by molar-refractivity contribution is 7.98. The summed E-state index contributed by atoms with van der Waals surface area (Å²) < 4.78 is 5.08. The lowest BCUT2D eigenvalue weighted by atomic mass is 10.4. The highest BCUT2D eigenvalue weighted by Gasteiger charge is 2.01. The molecule has 2 aromatic rings. The predicted octanol–water partition coefficient (Wildman–Crippen LogP) is 3.02. The fourth-order valence-electron chi connectivity index (χ4n) is 0.945. The summed E-state index contributed by atoms with van der Waals surface area (Å²) in [5.74, 6) is 0.709. The zero-order valence-electron chi connectivity index (χ0n) is 7.18. The van der Waals surface area contributed by atoms with E-state index in [2.05, 4.69) is 9.97 Å². The topological polar surface area (TPSA) is 38.9 Å². The van der Waals surface area contributed by atoms with Crippen molar-refractivity contribution >= 4 is 23.4 Å². The standard InChI is InChI=1S/C9H7ClN2OS/c10-7-1-2-11-8(5-7)6-14-9-12-3-4-13-9/h1-5H,6H2. The van der Waals surface area contributed by atoms with Gasteiger partial charge >= 0.3 is 0 Å². The third kappa shape index (κ3) is 2.49. The molecule has 14 heavy (non-hydrogen) atoms. The van der Waals surface area contributed by atoms with Crippen molar-refractivity contribution < 1.29 is 4.42 Å². The third-order valence-electron chi connectivity index (χ3n) is 1.53. The van der Waals surface area contributed by atoms with Crippen LogP contribution in [-0.2, 0) is 5.75 Å². The first-order valence-electron chi connectivity index (χ1n) is 3.97. The summed E-state index contributed by atoms with van der Waals surface area (Å²) in [5, 5.41) is 1.34. The smallest absolute Gasteiger partial charge is 0.255 e. The van der Waals surface area contributed by atoms with Gasteiger partial charge in [-0.3, -0.25) is 4.98 Å². The molecule has 0 aromatic carbocycles. The van der Waals surface area contributed by atoms with E-state index in [1.54, 1.807) is 24.7 Å². The minimum absolute atomic E-state index is 0.645. The first-order chi connectivity index (χ1) is 6.84.